The number of benzene rings is 1. The first-order valence-electron chi connectivity index (χ1n) is 11.3. The van der Waals surface area contributed by atoms with Gasteiger partial charge in [-0.15, -0.1) is 0 Å². The summed E-state index contributed by atoms with van der Waals surface area (Å²) in [7, 11) is 4.74. The van der Waals surface area contributed by atoms with Crippen molar-refractivity contribution in [3.8, 4) is 11.5 Å². The number of pyridine rings is 1. The van der Waals surface area contributed by atoms with E-state index in [9.17, 15) is 23.5 Å². The zero-order chi connectivity index (χ0) is 26.3. The van der Waals surface area contributed by atoms with Crippen molar-refractivity contribution in [2.24, 2.45) is 5.92 Å². The van der Waals surface area contributed by atoms with E-state index in [-0.39, 0.29) is 12.3 Å². The van der Waals surface area contributed by atoms with Crippen LogP contribution in [0.1, 0.15) is 51.3 Å². The zero-order valence-corrected chi connectivity index (χ0v) is 21.0. The highest BCUT2D eigenvalue weighted by Gasteiger charge is 2.37. The van der Waals surface area contributed by atoms with Crippen LogP contribution >= 0.6 is 0 Å². The van der Waals surface area contributed by atoms with E-state index in [1.54, 1.807) is 53.2 Å². The topological polar surface area (TPSA) is 98.2 Å². The maximum atomic E-state index is 13.5. The number of carbonyl (C=O) groups excluding carboxylic acids is 2. The first-order valence-corrected chi connectivity index (χ1v) is 11.3. The molecule has 2 aromatic rings. The average molecular weight is 497 g/mol. The number of rotatable bonds is 6. The van der Waals surface area contributed by atoms with Gasteiger partial charge in [-0.2, -0.15) is 0 Å². The van der Waals surface area contributed by atoms with Crippen LogP contribution in [0.5, 0.6) is 11.5 Å². The second-order valence-corrected chi connectivity index (χ2v) is 9.39. The van der Waals surface area contributed by atoms with Gasteiger partial charge in [0.1, 0.15) is 29.1 Å². The van der Waals surface area contributed by atoms with Gasteiger partial charge in [0.25, 0.3) is 6.43 Å². The minimum atomic E-state index is -2.92. The Morgan fingerprint density at radius 2 is 1.94 bits per heavy atom. The fourth-order valence-electron chi connectivity index (χ4n) is 4.03. The number of ether oxygens (including phenoxy) is 3. The minimum absolute atomic E-state index is 0.0547. The number of likely N-dealkylation sites (tertiary alicyclic amines) is 1. The quantitative estimate of drug-likeness (QED) is 0.568. The Labute approximate surface area is 204 Å². The third-order valence-corrected chi connectivity index (χ3v) is 5.52. The van der Waals surface area contributed by atoms with Crippen molar-refractivity contribution in [1.82, 2.24) is 9.88 Å². The van der Waals surface area contributed by atoms with Crippen molar-refractivity contribution in [3.63, 3.8) is 0 Å². The molecule has 0 spiro atoms. The fourth-order valence-corrected chi connectivity index (χ4v) is 4.03. The monoisotopic (exact) mass is 496 g/mol. The number of amides is 1. The normalized spacial score (nSPS) is 17.8. The van der Waals surface area contributed by atoms with Gasteiger partial charge in [-0.1, -0.05) is 0 Å². The van der Waals surface area contributed by atoms with Crippen LogP contribution in [0, 0.1) is 5.92 Å². The number of alkyl halides is 2. The minimum Gasteiger partial charge on any atom is -0.505 e. The van der Waals surface area contributed by atoms with Crippen molar-refractivity contribution in [2.45, 2.75) is 58.1 Å². The molecule has 0 bridgehead atoms. The molecule has 1 fully saturated rings. The highest BCUT2D eigenvalue weighted by Crippen LogP contribution is 2.38. The van der Waals surface area contributed by atoms with Gasteiger partial charge in [-0.25, -0.2) is 18.6 Å². The van der Waals surface area contributed by atoms with Gasteiger partial charge >= 0.3 is 6.09 Å². The molecule has 0 saturated carbocycles. The molecule has 1 N–H and O–H groups in total. The van der Waals surface area contributed by atoms with Crippen LogP contribution in [0.4, 0.5) is 13.6 Å². The molecule has 2 unspecified atom stereocenters. The molecule has 2 heterocycles. The zero-order valence-electron chi connectivity index (χ0n) is 21.0. The summed E-state index contributed by atoms with van der Waals surface area (Å²) in [6.07, 6.45) is -1.56. The predicted octanol–water partition coefficient (Wildman–Crippen LogP) is 4.91. The molecule has 0 radical (unpaired) electrons. The lowest BCUT2D eigenvalue weighted by Gasteiger charge is -2.26. The maximum absolute atomic E-state index is 13.5. The Balaban J connectivity index is 0.00000137. The molecule has 2 atom stereocenters. The van der Waals surface area contributed by atoms with Gasteiger partial charge in [0.2, 0.25) is 0 Å². The van der Waals surface area contributed by atoms with Crippen LogP contribution in [0.2, 0.25) is 0 Å². The number of aryl methyl sites for hydroxylation is 1. The van der Waals surface area contributed by atoms with E-state index in [4.69, 9.17) is 9.47 Å². The molecule has 10 heteroatoms. The summed E-state index contributed by atoms with van der Waals surface area (Å²) >= 11 is 0. The lowest BCUT2D eigenvalue weighted by Crippen LogP contribution is -2.40. The van der Waals surface area contributed by atoms with E-state index in [2.05, 4.69) is 9.72 Å². The average Bonchev–Trinajstić information content (AvgIpc) is 3.20. The first-order chi connectivity index (χ1) is 16.4. The standard InChI is InChI=1S/C23H28F2N2O5.C2H6O/c1-23(2,3)32-22(30)27-11-13(9-14(27)12-28)5-7-16-17-10-15(31-4)6-8-18(17)26-19(20(16)29)21(24)25;1-3-2/h6,8,10,12-14,21,29H,5,7,9,11H2,1-4H3;1-2H3. The number of aromatic hydroxyl groups is 1. The molecule has 35 heavy (non-hydrogen) atoms. The molecule has 0 aliphatic carbocycles. The summed E-state index contributed by atoms with van der Waals surface area (Å²) in [5.74, 6) is -0.0710. The van der Waals surface area contributed by atoms with E-state index in [1.807, 2.05) is 0 Å². The summed E-state index contributed by atoms with van der Waals surface area (Å²) in [5, 5.41) is 11.1. The Hall–Kier alpha value is -3.01. The predicted molar refractivity (Wildman–Crippen MR) is 127 cm³/mol. The number of fused-ring (bicyclic) bond motifs is 1. The van der Waals surface area contributed by atoms with Crippen molar-refractivity contribution in [3.05, 3.63) is 29.5 Å². The molecule has 1 aliphatic heterocycles. The molecule has 1 aromatic carbocycles. The van der Waals surface area contributed by atoms with E-state index in [1.165, 1.54) is 12.0 Å². The third kappa shape index (κ3) is 7.24. The second-order valence-electron chi connectivity index (χ2n) is 9.39. The summed E-state index contributed by atoms with van der Waals surface area (Å²) in [4.78, 5) is 29.3. The lowest BCUT2D eigenvalue weighted by molar-refractivity contribution is -0.111. The van der Waals surface area contributed by atoms with Crippen molar-refractivity contribution >= 4 is 23.3 Å². The highest BCUT2D eigenvalue weighted by atomic mass is 19.3. The molecule has 8 nitrogen and oxygen atoms in total. The van der Waals surface area contributed by atoms with E-state index in [0.29, 0.717) is 41.6 Å². The third-order valence-electron chi connectivity index (χ3n) is 5.52. The number of aldehydes is 1. The molecule has 1 saturated heterocycles. The molecule has 3 rings (SSSR count). The lowest BCUT2D eigenvalue weighted by atomic mass is 9.94. The molecule has 1 amide bonds. The van der Waals surface area contributed by atoms with Crippen LogP contribution in [-0.2, 0) is 20.7 Å². The van der Waals surface area contributed by atoms with E-state index in [0.717, 1.165) is 6.29 Å². The first kappa shape index (κ1) is 28.2. The Morgan fingerprint density at radius 3 is 2.49 bits per heavy atom. The van der Waals surface area contributed by atoms with Gasteiger partial charge in [0.05, 0.1) is 18.7 Å². The number of hydrogen-bond donors (Lipinski definition) is 1. The SMILES string of the molecule is COC.COc1ccc2nc(C(F)F)c(O)c(CCC3CC(C=O)N(C(=O)OC(C)(C)C)C3)c2c1. The summed E-state index contributed by atoms with van der Waals surface area (Å²) in [6, 6.07) is 4.25. The van der Waals surface area contributed by atoms with Crippen molar-refractivity contribution in [2.75, 3.05) is 27.9 Å². The second kappa shape index (κ2) is 12.1. The van der Waals surface area contributed by atoms with Crippen LogP contribution < -0.4 is 4.74 Å². The smallest absolute Gasteiger partial charge is 0.410 e. The number of halogens is 2. The maximum Gasteiger partial charge on any atom is 0.410 e. The Morgan fingerprint density at radius 1 is 1.29 bits per heavy atom. The van der Waals surface area contributed by atoms with Crippen molar-refractivity contribution < 1.29 is 37.7 Å². The number of aromatic nitrogens is 1. The summed E-state index contributed by atoms with van der Waals surface area (Å²) < 4.78 is 41.8. The van der Waals surface area contributed by atoms with Crippen LogP contribution in [0.15, 0.2) is 18.2 Å². The largest absolute Gasteiger partial charge is 0.505 e. The number of nitrogens with zero attached hydrogens (tertiary/aromatic N) is 2. The van der Waals surface area contributed by atoms with Crippen LogP contribution in [0.3, 0.4) is 0 Å². The van der Waals surface area contributed by atoms with Crippen LogP contribution in [-0.4, -0.2) is 66.9 Å². The number of methoxy groups -OCH3 is 2. The number of hydrogen-bond acceptors (Lipinski definition) is 7. The van der Waals surface area contributed by atoms with E-state index < -0.39 is 35.6 Å². The summed E-state index contributed by atoms with van der Waals surface area (Å²) in [6.45, 7) is 5.56. The van der Waals surface area contributed by atoms with Gasteiger partial charge in [0.15, 0.2) is 0 Å². The highest BCUT2D eigenvalue weighted by molar-refractivity contribution is 5.86. The Kier molecular flexibility index (Phi) is 9.76. The molecular weight excluding hydrogens is 462 g/mol. The summed E-state index contributed by atoms with van der Waals surface area (Å²) in [5.41, 5.74) is -0.663. The van der Waals surface area contributed by atoms with Gasteiger partial charge < -0.3 is 24.1 Å². The molecule has 194 valence electrons. The van der Waals surface area contributed by atoms with Crippen molar-refractivity contribution in [1.29, 1.82) is 0 Å². The van der Waals surface area contributed by atoms with Crippen LogP contribution in [0.25, 0.3) is 10.9 Å². The number of carbonyl (C=O) groups is 2. The molecule has 1 aromatic heterocycles. The molecular formula is C25H34F2N2O6. The fraction of sp³-hybridized carbons (Fsp3) is 0.560. The van der Waals surface area contributed by atoms with Gasteiger partial charge in [0, 0.05) is 31.7 Å². The molecule has 1 aliphatic rings. The van der Waals surface area contributed by atoms with Gasteiger partial charge in [-0.05, 0) is 64.2 Å². The Bertz CT molecular complexity index is 1030. The van der Waals surface area contributed by atoms with Gasteiger partial charge in [-0.3, -0.25) is 4.90 Å². The van der Waals surface area contributed by atoms with E-state index >= 15 is 0 Å².